The molecule has 0 radical (unpaired) electrons. The van der Waals surface area contributed by atoms with Crippen LogP contribution >= 0.6 is 11.3 Å². The first-order valence-corrected chi connectivity index (χ1v) is 12.0. The molecule has 3 heterocycles. The van der Waals surface area contributed by atoms with Crippen LogP contribution in [0.15, 0.2) is 49.1 Å². The normalized spacial score (nSPS) is 11.4. The molecule has 8 nitrogen and oxygen atoms in total. The van der Waals surface area contributed by atoms with E-state index < -0.39 is 0 Å². The van der Waals surface area contributed by atoms with E-state index >= 15 is 0 Å². The quantitative estimate of drug-likeness (QED) is 0.386. The first-order valence-electron chi connectivity index (χ1n) is 11.2. The van der Waals surface area contributed by atoms with Crippen molar-refractivity contribution in [3.63, 3.8) is 0 Å². The fourth-order valence-electron chi connectivity index (χ4n) is 3.35. The highest BCUT2D eigenvalue weighted by atomic mass is 32.1. The Hall–Kier alpha value is -3.59. The number of anilines is 2. The average Bonchev–Trinajstić information content (AvgIpc) is 3.48. The summed E-state index contributed by atoms with van der Waals surface area (Å²) in [5.74, 6) is 0.413. The molecule has 9 heteroatoms. The third-order valence-electron chi connectivity index (χ3n) is 5.32. The van der Waals surface area contributed by atoms with Crippen LogP contribution in [0.4, 0.5) is 11.6 Å². The van der Waals surface area contributed by atoms with Crippen LogP contribution < -0.4 is 10.6 Å². The van der Waals surface area contributed by atoms with Crippen molar-refractivity contribution in [2.45, 2.75) is 53.1 Å². The number of aryl methyl sites for hydroxylation is 2. The zero-order valence-electron chi connectivity index (χ0n) is 20.1. The van der Waals surface area contributed by atoms with Crippen LogP contribution in [-0.4, -0.2) is 30.6 Å². The fraction of sp³-hybridized carbons (Fsp3) is 0.320. The fourth-order valence-corrected chi connectivity index (χ4v) is 4.24. The maximum absolute atomic E-state index is 12.6. The number of benzene rings is 1. The van der Waals surface area contributed by atoms with E-state index in [1.165, 1.54) is 11.3 Å². The predicted octanol–water partition coefficient (Wildman–Crippen LogP) is 5.10. The number of hydrogen-bond donors (Lipinski definition) is 2. The number of aromatic nitrogens is 5. The van der Waals surface area contributed by atoms with Crippen LogP contribution in [0.2, 0.25) is 0 Å². The molecular weight excluding hydrogens is 446 g/mol. The van der Waals surface area contributed by atoms with E-state index in [1.807, 2.05) is 42.9 Å². The van der Waals surface area contributed by atoms with E-state index in [4.69, 9.17) is 0 Å². The molecular formula is C25H29N7OS. The van der Waals surface area contributed by atoms with E-state index in [0.29, 0.717) is 17.4 Å². The van der Waals surface area contributed by atoms with Crippen LogP contribution in [0, 0.1) is 6.92 Å². The van der Waals surface area contributed by atoms with Crippen molar-refractivity contribution in [3.8, 4) is 11.3 Å². The highest BCUT2D eigenvalue weighted by Crippen LogP contribution is 2.27. The number of thiazole rings is 1. The minimum Gasteiger partial charge on any atom is -0.347 e. The van der Waals surface area contributed by atoms with Gasteiger partial charge in [-0.15, -0.1) is 11.3 Å². The first kappa shape index (κ1) is 23.6. The Morgan fingerprint density at radius 1 is 1.15 bits per heavy atom. The van der Waals surface area contributed by atoms with Crippen molar-refractivity contribution in [3.05, 3.63) is 70.1 Å². The molecule has 2 N–H and O–H groups in total. The molecule has 0 aliphatic carbocycles. The molecule has 4 rings (SSSR count). The minimum atomic E-state index is -0.102. The van der Waals surface area contributed by atoms with E-state index in [1.54, 1.807) is 18.6 Å². The molecule has 0 spiro atoms. The molecule has 34 heavy (non-hydrogen) atoms. The summed E-state index contributed by atoms with van der Waals surface area (Å²) in [5, 5.41) is 11.4. The lowest BCUT2D eigenvalue weighted by atomic mass is 9.98. The largest absolute Gasteiger partial charge is 0.347 e. The molecule has 0 atom stereocenters. The zero-order chi connectivity index (χ0) is 24.3. The number of amides is 1. The standard InChI is InChI=1S/C25H29N7OS/c1-6-32-15-19(13-29-32)30-24-26-10-9-20(31-24)17-7-8-18(16(2)11-17)12-27-22(33)21-14-28-23(34-21)25(3,4)5/h7-11,13-15H,6,12H2,1-5H3,(H,27,33)(H,26,30,31). The van der Waals surface area contributed by atoms with Gasteiger partial charge < -0.3 is 10.6 Å². The van der Waals surface area contributed by atoms with E-state index in [2.05, 4.69) is 57.5 Å². The third kappa shape index (κ3) is 5.48. The Morgan fingerprint density at radius 2 is 1.97 bits per heavy atom. The average molecular weight is 476 g/mol. The lowest BCUT2D eigenvalue weighted by Gasteiger charge is -2.13. The molecule has 176 valence electrons. The van der Waals surface area contributed by atoms with Gasteiger partial charge in [0.15, 0.2) is 0 Å². The second kappa shape index (κ2) is 9.72. The summed E-state index contributed by atoms with van der Waals surface area (Å²) in [6, 6.07) is 8.00. The van der Waals surface area contributed by atoms with Gasteiger partial charge in [0.1, 0.15) is 4.88 Å². The van der Waals surface area contributed by atoms with Crippen molar-refractivity contribution in [1.29, 1.82) is 0 Å². The van der Waals surface area contributed by atoms with E-state index in [-0.39, 0.29) is 11.3 Å². The lowest BCUT2D eigenvalue weighted by molar-refractivity contribution is 0.0954. The van der Waals surface area contributed by atoms with Crippen molar-refractivity contribution < 1.29 is 4.79 Å². The minimum absolute atomic E-state index is 0.0660. The summed E-state index contributed by atoms with van der Waals surface area (Å²) in [6.07, 6.45) is 7.06. The van der Waals surface area contributed by atoms with Crippen molar-refractivity contribution in [2.75, 3.05) is 5.32 Å². The van der Waals surface area contributed by atoms with Gasteiger partial charge in [-0.3, -0.25) is 9.48 Å². The molecule has 0 saturated heterocycles. The Morgan fingerprint density at radius 3 is 2.65 bits per heavy atom. The molecule has 0 aliphatic heterocycles. The Balaban J connectivity index is 1.43. The topological polar surface area (TPSA) is 97.6 Å². The van der Waals surface area contributed by atoms with Gasteiger partial charge in [-0.05, 0) is 37.1 Å². The predicted molar refractivity (Wildman–Crippen MR) is 135 cm³/mol. The van der Waals surface area contributed by atoms with Crippen LogP contribution in [-0.2, 0) is 18.5 Å². The van der Waals surface area contributed by atoms with Gasteiger partial charge in [0.25, 0.3) is 5.91 Å². The Kier molecular flexibility index (Phi) is 6.74. The maximum atomic E-state index is 12.6. The van der Waals surface area contributed by atoms with Crippen LogP contribution in [0.1, 0.15) is 53.5 Å². The summed E-state index contributed by atoms with van der Waals surface area (Å²) in [4.78, 5) is 26.6. The highest BCUT2D eigenvalue weighted by molar-refractivity contribution is 7.13. The summed E-state index contributed by atoms with van der Waals surface area (Å²) >= 11 is 1.44. The number of hydrogen-bond acceptors (Lipinski definition) is 7. The second-order valence-corrected chi connectivity index (χ2v) is 10.1. The van der Waals surface area contributed by atoms with Crippen LogP contribution in [0.3, 0.4) is 0 Å². The van der Waals surface area contributed by atoms with Crippen molar-refractivity contribution in [2.24, 2.45) is 0 Å². The molecule has 0 fully saturated rings. The molecule has 0 bridgehead atoms. The molecule has 1 aromatic carbocycles. The summed E-state index contributed by atoms with van der Waals surface area (Å²) < 4.78 is 1.84. The molecule has 4 aromatic rings. The Labute approximate surface area is 203 Å². The third-order valence-corrected chi connectivity index (χ3v) is 6.74. The Bertz CT molecular complexity index is 1300. The van der Waals surface area contributed by atoms with Gasteiger partial charge in [-0.1, -0.05) is 32.9 Å². The zero-order valence-corrected chi connectivity index (χ0v) is 20.9. The maximum Gasteiger partial charge on any atom is 0.263 e. The molecule has 3 aromatic heterocycles. The SMILES string of the molecule is CCn1cc(Nc2nccc(-c3ccc(CNC(=O)c4cnc(C(C)(C)C)s4)c(C)c3)n2)cn1. The molecule has 0 saturated carbocycles. The number of carbonyl (C=O) groups excluding carboxylic acids is 1. The van der Waals surface area contributed by atoms with Gasteiger partial charge in [0, 0.05) is 36.5 Å². The summed E-state index contributed by atoms with van der Waals surface area (Å²) in [6.45, 7) is 11.6. The summed E-state index contributed by atoms with van der Waals surface area (Å²) in [5.41, 5.74) is 4.71. The second-order valence-electron chi connectivity index (χ2n) is 9.08. The molecule has 1 amide bonds. The van der Waals surface area contributed by atoms with Gasteiger partial charge in [0.05, 0.1) is 28.8 Å². The van der Waals surface area contributed by atoms with E-state index in [0.717, 1.165) is 39.6 Å². The monoisotopic (exact) mass is 475 g/mol. The van der Waals surface area contributed by atoms with Crippen LogP contribution in [0.25, 0.3) is 11.3 Å². The van der Waals surface area contributed by atoms with E-state index in [9.17, 15) is 4.79 Å². The van der Waals surface area contributed by atoms with Gasteiger partial charge in [0.2, 0.25) is 5.95 Å². The highest BCUT2D eigenvalue weighted by Gasteiger charge is 2.20. The van der Waals surface area contributed by atoms with Crippen molar-refractivity contribution >= 4 is 28.9 Å². The van der Waals surface area contributed by atoms with Gasteiger partial charge in [-0.2, -0.15) is 5.10 Å². The number of rotatable bonds is 7. The molecule has 0 unspecified atom stereocenters. The van der Waals surface area contributed by atoms with Gasteiger partial charge >= 0.3 is 0 Å². The number of nitrogens with zero attached hydrogens (tertiary/aromatic N) is 5. The smallest absolute Gasteiger partial charge is 0.263 e. The number of nitrogens with one attached hydrogen (secondary N) is 2. The molecule has 0 aliphatic rings. The number of carbonyl (C=O) groups is 1. The lowest BCUT2D eigenvalue weighted by Crippen LogP contribution is -2.22. The first-order chi connectivity index (χ1) is 16.2. The van der Waals surface area contributed by atoms with Gasteiger partial charge in [-0.25, -0.2) is 15.0 Å². The summed E-state index contributed by atoms with van der Waals surface area (Å²) in [7, 11) is 0. The van der Waals surface area contributed by atoms with Crippen molar-refractivity contribution in [1.82, 2.24) is 30.0 Å². The van der Waals surface area contributed by atoms with Crippen LogP contribution in [0.5, 0.6) is 0 Å².